The van der Waals surface area contributed by atoms with Gasteiger partial charge in [0.05, 0.1) is 5.92 Å². The Morgan fingerprint density at radius 1 is 1.04 bits per heavy atom. The molecular weight excluding hydrogens is 328 g/mol. The van der Waals surface area contributed by atoms with Crippen molar-refractivity contribution in [2.45, 2.75) is 37.6 Å². The van der Waals surface area contributed by atoms with E-state index in [1.165, 1.54) is 12.2 Å². The maximum atomic E-state index is 12.0. The molecule has 2 amide bonds. The molecule has 3 fully saturated rings. The second-order valence-corrected chi connectivity index (χ2v) is 8.00. The Kier molecular flexibility index (Phi) is 4.96. The molecule has 1 atom stereocenters. The molecule has 6 nitrogen and oxygen atoms in total. The van der Waals surface area contributed by atoms with Gasteiger partial charge in [0, 0.05) is 43.7 Å². The highest BCUT2D eigenvalue weighted by Gasteiger charge is 2.31. The number of carbonyl (C=O) groups excluding carboxylic acids is 2. The lowest BCUT2D eigenvalue weighted by molar-refractivity contribution is -0.134. The van der Waals surface area contributed by atoms with Crippen LogP contribution in [0.25, 0.3) is 0 Å². The number of hydrogen-bond acceptors (Lipinski definition) is 5. The zero-order valence-corrected chi connectivity index (χ0v) is 15.2. The lowest BCUT2D eigenvalue weighted by Gasteiger charge is -2.44. The second-order valence-electron chi connectivity index (χ2n) is 8.00. The van der Waals surface area contributed by atoms with Crippen molar-refractivity contribution in [2.75, 3.05) is 37.6 Å². The molecule has 1 aromatic rings. The molecule has 1 aromatic carbocycles. The number of likely N-dealkylation sites (tertiary alicyclic amines) is 1. The van der Waals surface area contributed by atoms with Crippen LogP contribution in [0.1, 0.15) is 37.2 Å². The maximum absolute atomic E-state index is 12.0. The van der Waals surface area contributed by atoms with Gasteiger partial charge in [-0.1, -0.05) is 12.1 Å². The molecule has 4 rings (SSSR count). The molecule has 26 heavy (non-hydrogen) atoms. The molecule has 0 spiro atoms. The minimum atomic E-state index is -0.198. The summed E-state index contributed by atoms with van der Waals surface area (Å²) in [6, 6.07) is 8.68. The molecule has 0 bridgehead atoms. The molecule has 0 aromatic heterocycles. The summed E-state index contributed by atoms with van der Waals surface area (Å²) < 4.78 is 0. The zero-order valence-electron chi connectivity index (χ0n) is 15.2. The van der Waals surface area contributed by atoms with Crippen LogP contribution in [0.4, 0.5) is 5.69 Å². The van der Waals surface area contributed by atoms with Gasteiger partial charge in [0.1, 0.15) is 0 Å². The van der Waals surface area contributed by atoms with Crippen LogP contribution in [-0.4, -0.2) is 55.5 Å². The minimum absolute atomic E-state index is 0.162. The monoisotopic (exact) mass is 356 g/mol. The van der Waals surface area contributed by atoms with Gasteiger partial charge in [0.2, 0.25) is 11.8 Å². The van der Waals surface area contributed by atoms with E-state index in [2.05, 4.69) is 27.2 Å². The van der Waals surface area contributed by atoms with E-state index in [0.29, 0.717) is 18.9 Å². The van der Waals surface area contributed by atoms with Crippen LogP contribution >= 0.6 is 0 Å². The highest BCUT2D eigenvalue weighted by atomic mass is 16.2. The Morgan fingerprint density at radius 2 is 1.73 bits per heavy atom. The summed E-state index contributed by atoms with van der Waals surface area (Å²) in [6.07, 6.45) is 3.28. The number of anilines is 1. The molecule has 0 aliphatic carbocycles. The van der Waals surface area contributed by atoms with Crippen molar-refractivity contribution in [2.24, 2.45) is 11.7 Å². The van der Waals surface area contributed by atoms with Crippen molar-refractivity contribution in [3.8, 4) is 0 Å². The predicted octanol–water partition coefficient (Wildman–Crippen LogP) is 1.07. The average molecular weight is 356 g/mol. The molecule has 3 aliphatic rings. The topological polar surface area (TPSA) is 78.7 Å². The summed E-state index contributed by atoms with van der Waals surface area (Å²) in [5.41, 5.74) is 8.20. The summed E-state index contributed by atoms with van der Waals surface area (Å²) in [5.74, 6) is 0.208. The highest BCUT2D eigenvalue weighted by molar-refractivity contribution is 6.00. The minimum Gasteiger partial charge on any atom is -0.371 e. The normalized spacial score (nSPS) is 25.9. The fourth-order valence-corrected chi connectivity index (χ4v) is 4.33. The Morgan fingerprint density at radius 3 is 2.38 bits per heavy atom. The predicted molar refractivity (Wildman–Crippen MR) is 101 cm³/mol. The van der Waals surface area contributed by atoms with Crippen molar-refractivity contribution in [1.29, 1.82) is 0 Å². The van der Waals surface area contributed by atoms with Crippen LogP contribution in [0.5, 0.6) is 0 Å². The van der Waals surface area contributed by atoms with Crippen LogP contribution in [0, 0.1) is 5.92 Å². The van der Waals surface area contributed by atoms with Crippen LogP contribution in [0.2, 0.25) is 0 Å². The largest absolute Gasteiger partial charge is 0.371 e. The van der Waals surface area contributed by atoms with Gasteiger partial charge in [-0.25, -0.2) is 0 Å². The number of rotatable bonds is 4. The fourth-order valence-electron chi connectivity index (χ4n) is 4.33. The highest BCUT2D eigenvalue weighted by Crippen LogP contribution is 2.30. The van der Waals surface area contributed by atoms with Crippen molar-refractivity contribution < 1.29 is 9.59 Å². The van der Waals surface area contributed by atoms with Gasteiger partial charge in [0.25, 0.3) is 0 Å². The van der Waals surface area contributed by atoms with Crippen LogP contribution in [0.15, 0.2) is 24.3 Å². The number of hydrogen-bond donors (Lipinski definition) is 2. The van der Waals surface area contributed by atoms with Crippen LogP contribution < -0.4 is 16.0 Å². The number of benzene rings is 1. The van der Waals surface area contributed by atoms with Crippen molar-refractivity contribution in [3.05, 3.63) is 29.8 Å². The molecule has 6 heteroatoms. The number of imide groups is 1. The van der Waals surface area contributed by atoms with Gasteiger partial charge in [-0.2, -0.15) is 0 Å². The van der Waals surface area contributed by atoms with E-state index in [1.807, 2.05) is 12.1 Å². The van der Waals surface area contributed by atoms with Gasteiger partial charge in [-0.3, -0.25) is 14.9 Å². The fraction of sp³-hybridized carbons (Fsp3) is 0.600. The number of carbonyl (C=O) groups is 2. The van der Waals surface area contributed by atoms with Gasteiger partial charge in [-0.05, 0) is 50.0 Å². The Hall–Kier alpha value is -1.92. The van der Waals surface area contributed by atoms with E-state index in [1.54, 1.807) is 0 Å². The Balaban J connectivity index is 1.27. The zero-order chi connectivity index (χ0) is 18.1. The van der Waals surface area contributed by atoms with E-state index in [0.717, 1.165) is 50.5 Å². The second kappa shape index (κ2) is 7.37. The Labute approximate surface area is 154 Å². The van der Waals surface area contributed by atoms with Gasteiger partial charge in [-0.15, -0.1) is 0 Å². The Bertz CT molecular complexity index is 661. The lowest BCUT2D eigenvalue weighted by atomic mass is 9.90. The summed E-state index contributed by atoms with van der Waals surface area (Å²) in [4.78, 5) is 28.2. The molecule has 0 radical (unpaired) electrons. The van der Waals surface area contributed by atoms with Crippen LogP contribution in [0.3, 0.4) is 0 Å². The first-order valence-electron chi connectivity index (χ1n) is 9.75. The van der Waals surface area contributed by atoms with Crippen molar-refractivity contribution in [1.82, 2.24) is 10.2 Å². The van der Waals surface area contributed by atoms with E-state index < -0.39 is 0 Å². The van der Waals surface area contributed by atoms with Crippen molar-refractivity contribution in [3.63, 3.8) is 0 Å². The summed E-state index contributed by atoms with van der Waals surface area (Å²) in [7, 11) is 0. The van der Waals surface area contributed by atoms with Gasteiger partial charge < -0.3 is 15.5 Å². The first-order valence-corrected chi connectivity index (χ1v) is 9.75. The molecule has 0 saturated carbocycles. The van der Waals surface area contributed by atoms with Gasteiger partial charge >= 0.3 is 0 Å². The third-order valence-corrected chi connectivity index (χ3v) is 6.01. The number of piperidine rings is 2. The molecule has 3 N–H and O–H groups in total. The average Bonchev–Trinajstić information content (AvgIpc) is 2.60. The summed E-state index contributed by atoms with van der Waals surface area (Å²) in [6.45, 7) is 5.65. The SMILES string of the molecule is NC1CCN(CC2CN(c3ccc(C4CCC(=O)NC4=O)cc3)C2)CC1. The smallest absolute Gasteiger partial charge is 0.234 e. The third kappa shape index (κ3) is 3.76. The van der Waals surface area contributed by atoms with E-state index in [-0.39, 0.29) is 17.7 Å². The number of nitrogens with zero attached hydrogens (tertiary/aromatic N) is 2. The number of amides is 2. The van der Waals surface area contributed by atoms with Gasteiger partial charge in [0.15, 0.2) is 0 Å². The number of nitrogens with two attached hydrogens (primary N) is 1. The third-order valence-electron chi connectivity index (χ3n) is 6.01. The quantitative estimate of drug-likeness (QED) is 0.789. The lowest BCUT2D eigenvalue weighted by Crippen LogP contribution is -2.53. The van der Waals surface area contributed by atoms with E-state index in [4.69, 9.17) is 5.73 Å². The molecule has 3 saturated heterocycles. The molecular formula is C20H28N4O2. The van der Waals surface area contributed by atoms with Crippen LogP contribution in [-0.2, 0) is 9.59 Å². The first-order chi connectivity index (χ1) is 12.6. The molecule has 140 valence electrons. The van der Waals surface area contributed by atoms with Crippen molar-refractivity contribution >= 4 is 17.5 Å². The van der Waals surface area contributed by atoms with E-state index >= 15 is 0 Å². The number of nitrogens with one attached hydrogen (secondary N) is 1. The summed E-state index contributed by atoms with van der Waals surface area (Å²) in [5, 5.41) is 2.43. The molecule has 1 unspecified atom stereocenters. The standard InChI is InChI=1S/C20H28N4O2/c21-16-7-9-23(10-8-16)11-14-12-24(13-14)17-3-1-15(2-4-17)18-5-6-19(25)22-20(18)26/h1-4,14,16,18H,5-13,21H2,(H,22,25,26). The first kappa shape index (κ1) is 17.5. The maximum Gasteiger partial charge on any atom is 0.234 e. The van der Waals surface area contributed by atoms with E-state index in [9.17, 15) is 9.59 Å². The molecule has 3 aliphatic heterocycles. The molecule has 3 heterocycles. The summed E-state index contributed by atoms with van der Waals surface area (Å²) >= 11 is 0.